The summed E-state index contributed by atoms with van der Waals surface area (Å²) in [5.74, 6) is -0.207. The molecule has 3 rings (SSSR count). The first-order chi connectivity index (χ1) is 12.5. The number of nitrogens with two attached hydrogens (primary N) is 1. The number of rotatable bonds is 4. The summed E-state index contributed by atoms with van der Waals surface area (Å²) in [7, 11) is 2.11. The van der Waals surface area contributed by atoms with Gasteiger partial charge in [0.15, 0.2) is 0 Å². The SMILES string of the molecule is CN1CCCC[C@@H]1[C@H](NC(=O)c1cc(Cl)c(N)c(Cl)c1)c1ccccc1. The largest absolute Gasteiger partial charge is 0.396 e. The fourth-order valence-corrected chi connectivity index (χ4v) is 4.01. The third kappa shape index (κ3) is 4.14. The Morgan fingerprint density at radius 2 is 1.85 bits per heavy atom. The van der Waals surface area contributed by atoms with Gasteiger partial charge in [-0.2, -0.15) is 0 Å². The zero-order valence-corrected chi connectivity index (χ0v) is 16.2. The lowest BCUT2D eigenvalue weighted by atomic mass is 9.91. The summed E-state index contributed by atoms with van der Waals surface area (Å²) in [5.41, 5.74) is 7.57. The molecular formula is C20H23Cl2N3O. The number of hydrogen-bond acceptors (Lipinski definition) is 3. The number of likely N-dealkylation sites (N-methyl/N-ethyl adjacent to an activating group) is 1. The van der Waals surface area contributed by atoms with Gasteiger partial charge in [0.25, 0.3) is 5.91 Å². The number of benzene rings is 2. The van der Waals surface area contributed by atoms with Crippen molar-refractivity contribution in [1.29, 1.82) is 0 Å². The van der Waals surface area contributed by atoms with Gasteiger partial charge in [-0.15, -0.1) is 0 Å². The number of carbonyl (C=O) groups excluding carboxylic acids is 1. The number of nitrogens with one attached hydrogen (secondary N) is 1. The predicted molar refractivity (Wildman–Crippen MR) is 108 cm³/mol. The molecule has 6 heteroatoms. The van der Waals surface area contributed by atoms with E-state index >= 15 is 0 Å². The summed E-state index contributed by atoms with van der Waals surface area (Å²) in [6.07, 6.45) is 3.39. The highest BCUT2D eigenvalue weighted by Gasteiger charge is 2.30. The maximum atomic E-state index is 12.9. The highest BCUT2D eigenvalue weighted by atomic mass is 35.5. The van der Waals surface area contributed by atoms with E-state index in [4.69, 9.17) is 28.9 Å². The minimum atomic E-state index is -0.207. The number of halogens is 2. The standard InChI is InChI=1S/C20H23Cl2N3O/c1-25-10-6-5-9-17(25)19(13-7-3-2-4-8-13)24-20(26)14-11-15(21)18(23)16(22)12-14/h2-4,7-8,11-12,17,19H,5-6,9-10,23H2,1H3,(H,24,26)/t17-,19-/m1/s1. The van der Waals surface area contributed by atoms with Crippen molar-refractivity contribution in [3.05, 3.63) is 63.6 Å². The topological polar surface area (TPSA) is 58.4 Å². The van der Waals surface area contributed by atoms with Crippen molar-refractivity contribution in [3.63, 3.8) is 0 Å². The molecule has 0 saturated carbocycles. The van der Waals surface area contributed by atoms with Crippen LogP contribution in [0.5, 0.6) is 0 Å². The van der Waals surface area contributed by atoms with Crippen molar-refractivity contribution < 1.29 is 4.79 Å². The van der Waals surface area contributed by atoms with Crippen LogP contribution in [0.2, 0.25) is 10.0 Å². The Morgan fingerprint density at radius 1 is 1.19 bits per heavy atom. The second-order valence-corrected chi connectivity index (χ2v) is 7.57. The maximum absolute atomic E-state index is 12.9. The molecular weight excluding hydrogens is 369 g/mol. The normalized spacial score (nSPS) is 19.1. The minimum Gasteiger partial charge on any atom is -0.396 e. The number of nitrogen functional groups attached to an aromatic ring is 1. The second kappa shape index (κ2) is 8.30. The lowest BCUT2D eigenvalue weighted by Crippen LogP contribution is -2.47. The number of hydrogen-bond donors (Lipinski definition) is 2. The number of anilines is 1. The molecule has 3 N–H and O–H groups in total. The Kier molecular flexibility index (Phi) is 6.07. The Morgan fingerprint density at radius 3 is 2.46 bits per heavy atom. The number of carbonyl (C=O) groups is 1. The van der Waals surface area contributed by atoms with Crippen LogP contribution in [0.15, 0.2) is 42.5 Å². The van der Waals surface area contributed by atoms with Gasteiger partial charge >= 0.3 is 0 Å². The zero-order valence-electron chi connectivity index (χ0n) is 14.7. The number of piperidine rings is 1. The molecule has 0 aromatic heterocycles. The first-order valence-corrected chi connectivity index (χ1v) is 9.53. The Hall–Kier alpha value is -1.75. The van der Waals surface area contributed by atoms with Gasteiger partial charge in [-0.1, -0.05) is 60.0 Å². The smallest absolute Gasteiger partial charge is 0.251 e. The summed E-state index contributed by atoms with van der Waals surface area (Å²) < 4.78 is 0. The zero-order chi connectivity index (χ0) is 18.7. The number of likely N-dealkylation sites (tertiary alicyclic amines) is 1. The molecule has 2 aromatic rings. The van der Waals surface area contributed by atoms with Crippen LogP contribution in [0.4, 0.5) is 5.69 Å². The van der Waals surface area contributed by atoms with Crippen LogP contribution < -0.4 is 11.1 Å². The van der Waals surface area contributed by atoms with Gasteiger partial charge in [-0.05, 0) is 44.1 Å². The first kappa shape index (κ1) is 19.0. The minimum absolute atomic E-state index is 0.107. The van der Waals surface area contributed by atoms with Gasteiger partial charge in [0.05, 0.1) is 21.8 Å². The molecule has 2 atom stereocenters. The molecule has 138 valence electrons. The second-order valence-electron chi connectivity index (χ2n) is 6.76. The average Bonchev–Trinajstić information content (AvgIpc) is 2.65. The fourth-order valence-electron chi connectivity index (χ4n) is 3.52. The molecule has 0 radical (unpaired) electrons. The molecule has 1 fully saturated rings. The van der Waals surface area contributed by atoms with Crippen molar-refractivity contribution in [2.24, 2.45) is 0 Å². The lowest BCUT2D eigenvalue weighted by Gasteiger charge is -2.38. The van der Waals surface area contributed by atoms with E-state index in [2.05, 4.69) is 29.4 Å². The number of amides is 1. The molecule has 1 saturated heterocycles. The van der Waals surface area contributed by atoms with E-state index in [0.29, 0.717) is 5.56 Å². The quantitative estimate of drug-likeness (QED) is 0.752. The van der Waals surface area contributed by atoms with Gasteiger partial charge in [0.1, 0.15) is 0 Å². The molecule has 1 aliphatic heterocycles. The van der Waals surface area contributed by atoms with E-state index in [1.54, 1.807) is 12.1 Å². The van der Waals surface area contributed by atoms with Gasteiger partial charge in [-0.3, -0.25) is 4.79 Å². The van der Waals surface area contributed by atoms with E-state index in [1.807, 2.05) is 18.2 Å². The van der Waals surface area contributed by atoms with Crippen LogP contribution in [0.3, 0.4) is 0 Å². The van der Waals surface area contributed by atoms with Crippen LogP contribution >= 0.6 is 23.2 Å². The van der Waals surface area contributed by atoms with E-state index in [0.717, 1.165) is 24.9 Å². The summed E-state index contributed by atoms with van der Waals surface area (Å²) in [6.45, 7) is 1.03. The monoisotopic (exact) mass is 391 g/mol. The average molecular weight is 392 g/mol. The van der Waals surface area contributed by atoms with Crippen LogP contribution in [0.1, 0.15) is 41.2 Å². The highest BCUT2D eigenvalue weighted by Crippen LogP contribution is 2.31. The Bertz CT molecular complexity index is 759. The van der Waals surface area contributed by atoms with Crippen molar-refractivity contribution in [2.75, 3.05) is 19.3 Å². The Balaban J connectivity index is 1.89. The summed E-state index contributed by atoms with van der Waals surface area (Å²) >= 11 is 12.2. The van der Waals surface area contributed by atoms with Gasteiger partial charge in [0, 0.05) is 11.6 Å². The van der Waals surface area contributed by atoms with Crippen LogP contribution in [0.25, 0.3) is 0 Å². The molecule has 4 nitrogen and oxygen atoms in total. The summed E-state index contributed by atoms with van der Waals surface area (Å²) in [6, 6.07) is 13.3. The molecule has 0 bridgehead atoms. The van der Waals surface area contributed by atoms with Crippen molar-refractivity contribution in [2.45, 2.75) is 31.3 Å². The van der Waals surface area contributed by atoms with Crippen LogP contribution in [-0.2, 0) is 0 Å². The van der Waals surface area contributed by atoms with Gasteiger partial charge in [-0.25, -0.2) is 0 Å². The molecule has 0 spiro atoms. The first-order valence-electron chi connectivity index (χ1n) is 8.78. The molecule has 1 heterocycles. The fraction of sp³-hybridized carbons (Fsp3) is 0.350. The third-order valence-corrected chi connectivity index (χ3v) is 5.62. The predicted octanol–water partition coefficient (Wildman–Crippen LogP) is 4.53. The van der Waals surface area contributed by atoms with Crippen molar-refractivity contribution in [1.82, 2.24) is 10.2 Å². The third-order valence-electron chi connectivity index (χ3n) is 5.00. The number of nitrogens with zero attached hydrogens (tertiary/aromatic N) is 1. The molecule has 26 heavy (non-hydrogen) atoms. The maximum Gasteiger partial charge on any atom is 0.251 e. The Labute approximate surface area is 164 Å². The molecule has 0 aliphatic carbocycles. The molecule has 1 amide bonds. The summed E-state index contributed by atoms with van der Waals surface area (Å²) in [5, 5.41) is 3.76. The summed E-state index contributed by atoms with van der Waals surface area (Å²) in [4.78, 5) is 15.2. The van der Waals surface area contributed by atoms with E-state index in [-0.39, 0.29) is 33.7 Å². The molecule has 0 unspecified atom stereocenters. The van der Waals surface area contributed by atoms with Crippen molar-refractivity contribution in [3.8, 4) is 0 Å². The highest BCUT2D eigenvalue weighted by molar-refractivity contribution is 6.39. The van der Waals surface area contributed by atoms with Crippen molar-refractivity contribution >= 4 is 34.8 Å². The van der Waals surface area contributed by atoms with Gasteiger partial charge < -0.3 is 16.0 Å². The molecule has 1 aliphatic rings. The van der Waals surface area contributed by atoms with E-state index < -0.39 is 0 Å². The lowest BCUT2D eigenvalue weighted by molar-refractivity contribution is 0.0871. The van der Waals surface area contributed by atoms with Crippen LogP contribution in [0, 0.1) is 0 Å². The van der Waals surface area contributed by atoms with Crippen LogP contribution in [-0.4, -0.2) is 30.4 Å². The molecule has 2 aromatic carbocycles. The van der Waals surface area contributed by atoms with E-state index in [9.17, 15) is 4.79 Å². The van der Waals surface area contributed by atoms with Gasteiger partial charge in [0.2, 0.25) is 0 Å². The van der Waals surface area contributed by atoms with E-state index in [1.165, 1.54) is 6.42 Å².